The third-order valence-corrected chi connectivity index (χ3v) is 7.50. The summed E-state index contributed by atoms with van der Waals surface area (Å²) in [7, 11) is -4.27. The molecule has 0 atom stereocenters. The van der Waals surface area contributed by atoms with E-state index in [-0.39, 0.29) is 11.4 Å². The predicted molar refractivity (Wildman–Crippen MR) is 136 cm³/mol. The summed E-state index contributed by atoms with van der Waals surface area (Å²) in [6.45, 7) is 1.98. The maximum atomic E-state index is 14.5. The van der Waals surface area contributed by atoms with Crippen LogP contribution in [0.5, 0.6) is 0 Å². The molecule has 6 nitrogen and oxygen atoms in total. The van der Waals surface area contributed by atoms with Crippen molar-refractivity contribution >= 4 is 50.7 Å². The first-order chi connectivity index (χ1) is 16.7. The Morgan fingerprint density at radius 2 is 1.66 bits per heavy atom. The molecule has 1 amide bonds. The first-order valence-corrected chi connectivity index (χ1v) is 13.0. The van der Waals surface area contributed by atoms with Gasteiger partial charge in [-0.1, -0.05) is 41.1 Å². The van der Waals surface area contributed by atoms with Gasteiger partial charge in [0.25, 0.3) is 15.9 Å². The van der Waals surface area contributed by atoms with Crippen molar-refractivity contribution in [3.05, 3.63) is 107 Å². The molecule has 35 heavy (non-hydrogen) atoms. The zero-order valence-corrected chi connectivity index (χ0v) is 20.7. The first-order valence-electron chi connectivity index (χ1n) is 10.3. The summed E-state index contributed by atoms with van der Waals surface area (Å²) in [6, 6.07) is 20.3. The number of aryl methyl sites for hydroxylation is 1. The summed E-state index contributed by atoms with van der Waals surface area (Å²) >= 11 is 7.15. The van der Waals surface area contributed by atoms with Gasteiger partial charge in [0.1, 0.15) is 15.7 Å². The second-order valence-electron chi connectivity index (χ2n) is 7.48. The highest BCUT2D eigenvalue weighted by Crippen LogP contribution is 2.30. The molecule has 0 fully saturated rings. The van der Waals surface area contributed by atoms with Crippen molar-refractivity contribution in [3.8, 4) is 0 Å². The standard InChI is InChI=1S/C25H19ClFN3O3S2/c1-16-4-11-20(12-5-16)34-25-21(3-2-14-28-25)24(31)29-19-10-13-22(27)23(15-19)35(32,33)30-18-8-6-17(26)7-9-18/h2-15,30H,1H3,(H,29,31). The van der Waals surface area contributed by atoms with Crippen molar-refractivity contribution in [2.45, 2.75) is 21.7 Å². The number of anilines is 2. The number of amides is 1. The molecule has 0 saturated carbocycles. The van der Waals surface area contributed by atoms with E-state index in [1.165, 1.54) is 42.1 Å². The number of rotatable bonds is 7. The van der Waals surface area contributed by atoms with Gasteiger partial charge in [0, 0.05) is 27.5 Å². The van der Waals surface area contributed by atoms with Crippen molar-refractivity contribution in [1.29, 1.82) is 0 Å². The minimum absolute atomic E-state index is 0.114. The molecular weight excluding hydrogens is 509 g/mol. The van der Waals surface area contributed by atoms with Gasteiger partial charge in [-0.15, -0.1) is 0 Å². The molecule has 0 aliphatic rings. The Labute approximate surface area is 211 Å². The van der Waals surface area contributed by atoms with E-state index in [1.54, 1.807) is 18.3 Å². The average molecular weight is 528 g/mol. The average Bonchev–Trinajstić information content (AvgIpc) is 2.83. The zero-order chi connectivity index (χ0) is 25.0. The van der Waals surface area contributed by atoms with Gasteiger partial charge in [0.05, 0.1) is 5.56 Å². The van der Waals surface area contributed by atoms with E-state index in [1.807, 2.05) is 31.2 Å². The topological polar surface area (TPSA) is 88.2 Å². The molecule has 4 aromatic rings. The molecule has 0 radical (unpaired) electrons. The lowest BCUT2D eigenvalue weighted by molar-refractivity contribution is 0.102. The highest BCUT2D eigenvalue weighted by molar-refractivity contribution is 7.99. The second kappa shape index (κ2) is 10.5. The van der Waals surface area contributed by atoms with E-state index in [4.69, 9.17) is 11.6 Å². The number of halogens is 2. The number of nitrogens with one attached hydrogen (secondary N) is 2. The van der Waals surface area contributed by atoms with Gasteiger partial charge in [-0.3, -0.25) is 9.52 Å². The Morgan fingerprint density at radius 3 is 2.37 bits per heavy atom. The van der Waals surface area contributed by atoms with E-state index in [0.29, 0.717) is 15.6 Å². The number of nitrogens with zero attached hydrogens (tertiary/aromatic N) is 1. The van der Waals surface area contributed by atoms with Crippen LogP contribution in [0.25, 0.3) is 0 Å². The molecule has 10 heteroatoms. The molecule has 1 heterocycles. The van der Waals surface area contributed by atoms with Crippen molar-refractivity contribution in [1.82, 2.24) is 4.98 Å². The summed E-state index contributed by atoms with van der Waals surface area (Å²) in [6.07, 6.45) is 1.58. The Balaban J connectivity index is 1.56. The van der Waals surface area contributed by atoms with Crippen LogP contribution in [0.15, 0.2) is 99.9 Å². The van der Waals surface area contributed by atoms with E-state index >= 15 is 0 Å². The lowest BCUT2D eigenvalue weighted by atomic mass is 10.2. The Kier molecular flexibility index (Phi) is 7.39. The molecular formula is C25H19ClFN3O3S2. The Hall–Kier alpha value is -3.40. The molecule has 4 rings (SSSR count). The number of benzene rings is 3. The third-order valence-electron chi connectivity index (χ3n) is 4.83. The van der Waals surface area contributed by atoms with Crippen LogP contribution in [-0.4, -0.2) is 19.3 Å². The molecule has 0 saturated heterocycles. The molecule has 3 aromatic carbocycles. The minimum atomic E-state index is -4.27. The highest BCUT2D eigenvalue weighted by Gasteiger charge is 2.21. The molecule has 2 N–H and O–H groups in total. The summed E-state index contributed by atoms with van der Waals surface area (Å²) in [5, 5.41) is 3.55. The number of sulfonamides is 1. The molecule has 0 bridgehead atoms. The van der Waals surface area contributed by atoms with Crippen LogP contribution in [0.2, 0.25) is 5.02 Å². The summed E-state index contributed by atoms with van der Waals surface area (Å²) in [5.41, 5.74) is 1.74. The molecule has 178 valence electrons. The Morgan fingerprint density at radius 1 is 0.971 bits per heavy atom. The van der Waals surface area contributed by atoms with Gasteiger partial charge in [-0.05, 0) is 73.7 Å². The van der Waals surface area contributed by atoms with Crippen molar-refractivity contribution in [2.24, 2.45) is 0 Å². The summed E-state index contributed by atoms with van der Waals surface area (Å²) < 4.78 is 42.3. The second-order valence-corrected chi connectivity index (χ2v) is 10.6. The number of hydrogen-bond acceptors (Lipinski definition) is 5. The van der Waals surface area contributed by atoms with Crippen LogP contribution in [0.1, 0.15) is 15.9 Å². The summed E-state index contributed by atoms with van der Waals surface area (Å²) in [5.74, 6) is -1.46. The number of carbonyl (C=O) groups excluding carboxylic acids is 1. The third kappa shape index (κ3) is 6.19. The van der Waals surface area contributed by atoms with Gasteiger partial charge >= 0.3 is 0 Å². The minimum Gasteiger partial charge on any atom is -0.322 e. The number of pyridine rings is 1. The molecule has 0 unspecified atom stereocenters. The van der Waals surface area contributed by atoms with Gasteiger partial charge < -0.3 is 5.32 Å². The molecule has 0 aliphatic carbocycles. The quantitative estimate of drug-likeness (QED) is 0.291. The van der Waals surface area contributed by atoms with Crippen LogP contribution >= 0.6 is 23.4 Å². The largest absolute Gasteiger partial charge is 0.322 e. The zero-order valence-electron chi connectivity index (χ0n) is 18.3. The van der Waals surface area contributed by atoms with Crippen LogP contribution in [-0.2, 0) is 10.0 Å². The predicted octanol–water partition coefficient (Wildman–Crippen LogP) is 6.39. The number of carbonyl (C=O) groups is 1. The van der Waals surface area contributed by atoms with Gasteiger partial charge in [0.2, 0.25) is 0 Å². The van der Waals surface area contributed by atoms with E-state index in [9.17, 15) is 17.6 Å². The molecule has 0 spiro atoms. The van der Waals surface area contributed by atoms with Gasteiger partial charge in [-0.25, -0.2) is 17.8 Å². The van der Waals surface area contributed by atoms with E-state index < -0.39 is 26.6 Å². The van der Waals surface area contributed by atoms with E-state index in [0.717, 1.165) is 22.6 Å². The maximum Gasteiger partial charge on any atom is 0.264 e. The lowest BCUT2D eigenvalue weighted by Crippen LogP contribution is -2.17. The smallest absolute Gasteiger partial charge is 0.264 e. The fourth-order valence-corrected chi connectivity index (χ4v) is 5.25. The Bertz CT molecular complexity index is 1480. The number of hydrogen-bond donors (Lipinski definition) is 2. The normalized spacial score (nSPS) is 11.2. The van der Waals surface area contributed by atoms with Crippen LogP contribution in [0.4, 0.5) is 15.8 Å². The van der Waals surface area contributed by atoms with E-state index in [2.05, 4.69) is 15.0 Å². The molecule has 0 aliphatic heterocycles. The monoisotopic (exact) mass is 527 g/mol. The van der Waals surface area contributed by atoms with Crippen LogP contribution in [0, 0.1) is 12.7 Å². The highest BCUT2D eigenvalue weighted by atomic mass is 35.5. The first kappa shape index (κ1) is 24.7. The van der Waals surface area contributed by atoms with Crippen LogP contribution < -0.4 is 10.0 Å². The van der Waals surface area contributed by atoms with Crippen molar-refractivity contribution < 1.29 is 17.6 Å². The molecule has 1 aromatic heterocycles. The summed E-state index contributed by atoms with van der Waals surface area (Å²) in [4.78, 5) is 17.6. The lowest BCUT2D eigenvalue weighted by Gasteiger charge is -2.12. The fourth-order valence-electron chi connectivity index (χ4n) is 3.08. The fraction of sp³-hybridized carbons (Fsp3) is 0.0400. The van der Waals surface area contributed by atoms with Crippen LogP contribution in [0.3, 0.4) is 0 Å². The van der Waals surface area contributed by atoms with Crippen molar-refractivity contribution in [2.75, 3.05) is 10.0 Å². The number of aromatic nitrogens is 1. The van der Waals surface area contributed by atoms with Gasteiger partial charge in [-0.2, -0.15) is 0 Å². The SMILES string of the molecule is Cc1ccc(Sc2ncccc2C(=O)Nc2ccc(F)c(S(=O)(=O)Nc3ccc(Cl)cc3)c2)cc1. The van der Waals surface area contributed by atoms with Gasteiger partial charge in [0.15, 0.2) is 0 Å². The maximum absolute atomic E-state index is 14.5. The van der Waals surface area contributed by atoms with Crippen molar-refractivity contribution in [3.63, 3.8) is 0 Å².